The lowest BCUT2D eigenvalue weighted by molar-refractivity contribution is -0.137. The predicted molar refractivity (Wildman–Crippen MR) is 77.2 cm³/mol. The van der Waals surface area contributed by atoms with E-state index in [0.29, 0.717) is 18.0 Å². The van der Waals surface area contributed by atoms with E-state index < -0.39 is 11.7 Å². The van der Waals surface area contributed by atoms with Crippen LogP contribution in [0.4, 0.5) is 18.9 Å². The van der Waals surface area contributed by atoms with Crippen LogP contribution in [0.25, 0.3) is 0 Å². The smallest absolute Gasteiger partial charge is 0.392 e. The molecule has 0 heterocycles. The number of benzene rings is 1. The maximum atomic E-state index is 13.3. The molecule has 1 N–H and O–H groups in total. The molecule has 0 atom stereocenters. The van der Waals surface area contributed by atoms with Gasteiger partial charge in [-0.3, -0.25) is 0 Å². The second-order valence-corrected chi connectivity index (χ2v) is 6.11. The van der Waals surface area contributed by atoms with Crippen LogP contribution in [0.15, 0.2) is 18.2 Å². The van der Waals surface area contributed by atoms with Crippen molar-refractivity contribution in [2.45, 2.75) is 51.9 Å². The summed E-state index contributed by atoms with van der Waals surface area (Å²) in [7, 11) is 0. The van der Waals surface area contributed by atoms with Gasteiger partial charge in [0.2, 0.25) is 0 Å². The zero-order chi connectivity index (χ0) is 15.6. The van der Waals surface area contributed by atoms with Crippen LogP contribution in [0.5, 0.6) is 0 Å². The van der Waals surface area contributed by atoms with Crippen LogP contribution in [0.3, 0.4) is 0 Å². The van der Waals surface area contributed by atoms with Crippen LogP contribution in [-0.4, -0.2) is 17.7 Å². The number of aliphatic hydroxyl groups is 1. The maximum Gasteiger partial charge on any atom is 0.418 e. The molecular weight excluding hydrogens is 279 g/mol. The molecule has 2 nitrogen and oxygen atoms in total. The number of aliphatic hydroxyl groups excluding tert-OH is 1. The topological polar surface area (TPSA) is 23.5 Å². The number of alkyl halides is 3. The molecule has 1 aliphatic rings. The van der Waals surface area contributed by atoms with Crippen LogP contribution in [-0.2, 0) is 12.8 Å². The van der Waals surface area contributed by atoms with Crippen molar-refractivity contribution in [2.24, 2.45) is 5.92 Å². The van der Waals surface area contributed by atoms with E-state index in [1.807, 2.05) is 4.90 Å². The van der Waals surface area contributed by atoms with Crippen molar-refractivity contribution in [1.29, 1.82) is 0 Å². The van der Waals surface area contributed by atoms with Crippen LogP contribution in [0.1, 0.15) is 44.2 Å². The van der Waals surface area contributed by atoms with Gasteiger partial charge in [-0.25, -0.2) is 0 Å². The van der Waals surface area contributed by atoms with Crippen molar-refractivity contribution in [2.75, 3.05) is 11.4 Å². The molecule has 1 saturated carbocycles. The van der Waals surface area contributed by atoms with Gasteiger partial charge in [-0.05, 0) is 42.9 Å². The minimum absolute atomic E-state index is 0.227. The van der Waals surface area contributed by atoms with Crippen molar-refractivity contribution < 1.29 is 18.3 Å². The molecule has 0 aliphatic heterocycles. The highest BCUT2D eigenvalue weighted by Crippen LogP contribution is 2.41. The Bertz CT molecular complexity index is 481. The summed E-state index contributed by atoms with van der Waals surface area (Å²) in [4.78, 5) is 1.89. The lowest BCUT2D eigenvalue weighted by atomic mass is 10.1. The molecule has 0 unspecified atom stereocenters. The summed E-state index contributed by atoms with van der Waals surface area (Å²) in [5.41, 5.74) is -0.0850. The van der Waals surface area contributed by atoms with Gasteiger partial charge in [-0.1, -0.05) is 19.9 Å². The standard InChI is InChI=1S/C16H22F3NO/c1-11(2)7-8-20(13-4-5-13)15-6-3-12(10-21)9-14(15)16(17,18)19/h3,6,9,11,13,21H,4-5,7-8,10H2,1-2H3. The number of hydrogen-bond donors (Lipinski definition) is 1. The molecule has 21 heavy (non-hydrogen) atoms. The Labute approximate surface area is 123 Å². The Kier molecular flexibility index (Phi) is 4.81. The molecule has 0 radical (unpaired) electrons. The van der Waals surface area contributed by atoms with E-state index in [1.54, 1.807) is 6.07 Å². The first-order valence-corrected chi connectivity index (χ1v) is 7.40. The first kappa shape index (κ1) is 16.1. The number of hydrogen-bond acceptors (Lipinski definition) is 2. The summed E-state index contributed by atoms with van der Waals surface area (Å²) < 4.78 is 39.9. The molecule has 1 aliphatic carbocycles. The molecule has 0 bridgehead atoms. The zero-order valence-corrected chi connectivity index (χ0v) is 12.5. The van der Waals surface area contributed by atoms with E-state index in [-0.39, 0.29) is 18.3 Å². The van der Waals surface area contributed by atoms with E-state index >= 15 is 0 Å². The van der Waals surface area contributed by atoms with Crippen LogP contribution < -0.4 is 4.90 Å². The van der Waals surface area contributed by atoms with Crippen molar-refractivity contribution in [3.05, 3.63) is 29.3 Å². The summed E-state index contributed by atoms with van der Waals surface area (Å²) in [6, 6.07) is 4.38. The summed E-state index contributed by atoms with van der Waals surface area (Å²) in [5.74, 6) is 0.456. The van der Waals surface area contributed by atoms with E-state index in [2.05, 4.69) is 13.8 Å². The third-order valence-corrected chi connectivity index (χ3v) is 3.79. The summed E-state index contributed by atoms with van der Waals surface area (Å²) in [5, 5.41) is 9.07. The maximum absolute atomic E-state index is 13.3. The molecule has 0 amide bonds. The average molecular weight is 301 g/mol. The highest BCUT2D eigenvalue weighted by molar-refractivity contribution is 5.58. The predicted octanol–water partition coefficient (Wildman–Crippen LogP) is 4.21. The Morgan fingerprint density at radius 1 is 1.29 bits per heavy atom. The fraction of sp³-hybridized carbons (Fsp3) is 0.625. The van der Waals surface area contributed by atoms with Gasteiger partial charge in [0.05, 0.1) is 12.2 Å². The van der Waals surface area contributed by atoms with E-state index in [9.17, 15) is 13.2 Å². The highest BCUT2D eigenvalue weighted by Gasteiger charge is 2.38. The van der Waals surface area contributed by atoms with E-state index in [1.165, 1.54) is 6.07 Å². The van der Waals surface area contributed by atoms with Gasteiger partial charge in [-0.15, -0.1) is 0 Å². The average Bonchev–Trinajstić information content (AvgIpc) is 3.22. The minimum atomic E-state index is -4.40. The lowest BCUT2D eigenvalue weighted by Crippen LogP contribution is -2.30. The molecule has 5 heteroatoms. The van der Waals surface area contributed by atoms with Crippen molar-refractivity contribution in [1.82, 2.24) is 0 Å². The molecular formula is C16H22F3NO. The third kappa shape index (κ3) is 4.13. The monoisotopic (exact) mass is 301 g/mol. The molecule has 0 spiro atoms. The van der Waals surface area contributed by atoms with Crippen LogP contribution in [0.2, 0.25) is 0 Å². The quantitative estimate of drug-likeness (QED) is 0.850. The van der Waals surface area contributed by atoms with Gasteiger partial charge in [0, 0.05) is 18.3 Å². The number of rotatable bonds is 6. The molecule has 0 aromatic heterocycles. The van der Waals surface area contributed by atoms with Crippen molar-refractivity contribution >= 4 is 5.69 Å². The van der Waals surface area contributed by atoms with Crippen LogP contribution in [0, 0.1) is 5.92 Å². The highest BCUT2D eigenvalue weighted by atomic mass is 19.4. The fourth-order valence-corrected chi connectivity index (χ4v) is 2.44. The van der Waals surface area contributed by atoms with E-state index in [4.69, 9.17) is 5.11 Å². The number of halogens is 3. The molecule has 0 saturated heterocycles. The van der Waals surface area contributed by atoms with Gasteiger partial charge in [0.25, 0.3) is 0 Å². The lowest BCUT2D eigenvalue weighted by Gasteiger charge is -2.29. The van der Waals surface area contributed by atoms with Gasteiger partial charge in [-0.2, -0.15) is 13.2 Å². The molecule has 2 rings (SSSR count). The normalized spacial score (nSPS) is 15.6. The first-order valence-electron chi connectivity index (χ1n) is 7.40. The van der Waals surface area contributed by atoms with Crippen molar-refractivity contribution in [3.8, 4) is 0 Å². The Balaban J connectivity index is 2.34. The zero-order valence-electron chi connectivity index (χ0n) is 12.5. The minimum Gasteiger partial charge on any atom is -0.392 e. The van der Waals surface area contributed by atoms with Gasteiger partial charge < -0.3 is 10.0 Å². The molecule has 1 aromatic carbocycles. The number of nitrogens with zero attached hydrogens (tertiary/aromatic N) is 1. The largest absolute Gasteiger partial charge is 0.418 e. The van der Waals surface area contributed by atoms with E-state index in [0.717, 1.165) is 25.3 Å². The molecule has 1 aromatic rings. The third-order valence-electron chi connectivity index (χ3n) is 3.79. The number of anilines is 1. The SMILES string of the molecule is CC(C)CCN(c1ccc(CO)cc1C(F)(F)F)C1CC1. The summed E-state index contributed by atoms with van der Waals surface area (Å²) in [6.45, 7) is 4.41. The second-order valence-electron chi connectivity index (χ2n) is 6.11. The Morgan fingerprint density at radius 2 is 1.95 bits per heavy atom. The Hall–Kier alpha value is -1.23. The van der Waals surface area contributed by atoms with Gasteiger partial charge >= 0.3 is 6.18 Å². The summed E-state index contributed by atoms with van der Waals surface area (Å²) >= 11 is 0. The van der Waals surface area contributed by atoms with Crippen molar-refractivity contribution in [3.63, 3.8) is 0 Å². The van der Waals surface area contributed by atoms with Gasteiger partial charge in [0.1, 0.15) is 0 Å². The van der Waals surface area contributed by atoms with Gasteiger partial charge in [0.15, 0.2) is 0 Å². The second kappa shape index (κ2) is 6.26. The molecule has 118 valence electrons. The summed E-state index contributed by atoms with van der Waals surface area (Å²) in [6.07, 6.45) is -1.62. The Morgan fingerprint density at radius 3 is 2.43 bits per heavy atom. The fourth-order valence-electron chi connectivity index (χ4n) is 2.44. The first-order chi connectivity index (χ1) is 9.82. The molecule has 1 fully saturated rings. The van der Waals surface area contributed by atoms with Crippen LogP contribution >= 0.6 is 0 Å².